The van der Waals surface area contributed by atoms with E-state index in [0.29, 0.717) is 43.5 Å². The van der Waals surface area contributed by atoms with Crippen molar-refractivity contribution in [1.82, 2.24) is 14.2 Å². The van der Waals surface area contributed by atoms with Crippen molar-refractivity contribution in [2.24, 2.45) is 0 Å². The van der Waals surface area contributed by atoms with Gasteiger partial charge in [-0.15, -0.1) is 0 Å². The van der Waals surface area contributed by atoms with Crippen LogP contribution in [0.2, 0.25) is 0 Å². The molecule has 0 N–H and O–H groups in total. The van der Waals surface area contributed by atoms with Gasteiger partial charge in [-0.3, -0.25) is 4.90 Å². The molecule has 1 aliphatic heterocycles. The van der Waals surface area contributed by atoms with E-state index in [0.717, 1.165) is 11.1 Å². The highest BCUT2D eigenvalue weighted by Crippen LogP contribution is 2.27. The Labute approximate surface area is 172 Å². The lowest BCUT2D eigenvalue weighted by atomic mass is 9.87. The van der Waals surface area contributed by atoms with Gasteiger partial charge in [-0.25, -0.2) is 13.4 Å². The van der Waals surface area contributed by atoms with Crippen molar-refractivity contribution >= 4 is 21.1 Å². The number of sulfonamides is 1. The minimum Gasteiger partial charge on any atom is -0.439 e. The van der Waals surface area contributed by atoms with Gasteiger partial charge in [0.15, 0.2) is 5.58 Å². The Kier molecular flexibility index (Phi) is 5.23. The number of benzene rings is 2. The van der Waals surface area contributed by atoms with Gasteiger partial charge in [0, 0.05) is 26.2 Å². The summed E-state index contributed by atoms with van der Waals surface area (Å²) in [5.74, 6) is 0.672. The standard InChI is InChI=1S/C22H27N3O3S/c1-22(2,3)17-9-10-20-19(15-17)23-21(28-20)16-24-11-13-25(14-12-24)29(26,27)18-7-5-4-6-8-18/h4-10,15H,11-14,16H2,1-3H3. The lowest BCUT2D eigenvalue weighted by Crippen LogP contribution is -2.48. The van der Waals surface area contributed by atoms with Gasteiger partial charge in [-0.2, -0.15) is 4.31 Å². The third-order valence-corrected chi connectivity index (χ3v) is 7.28. The van der Waals surface area contributed by atoms with Crippen LogP contribution < -0.4 is 0 Å². The molecule has 7 heteroatoms. The van der Waals surface area contributed by atoms with E-state index >= 15 is 0 Å². The number of rotatable bonds is 4. The lowest BCUT2D eigenvalue weighted by molar-refractivity contribution is 0.169. The Morgan fingerprint density at radius 3 is 2.34 bits per heavy atom. The van der Waals surface area contributed by atoms with Crippen molar-refractivity contribution in [3.63, 3.8) is 0 Å². The van der Waals surface area contributed by atoms with Crippen molar-refractivity contribution in [2.75, 3.05) is 26.2 Å². The fraction of sp³-hybridized carbons (Fsp3) is 0.409. The fourth-order valence-electron chi connectivity index (χ4n) is 3.57. The maximum absolute atomic E-state index is 12.8. The van der Waals surface area contributed by atoms with Crippen LogP contribution in [-0.4, -0.2) is 48.8 Å². The zero-order valence-corrected chi connectivity index (χ0v) is 17.9. The highest BCUT2D eigenvalue weighted by atomic mass is 32.2. The van der Waals surface area contributed by atoms with Crippen LogP contribution >= 0.6 is 0 Å². The van der Waals surface area contributed by atoms with Gasteiger partial charge in [-0.1, -0.05) is 45.0 Å². The van der Waals surface area contributed by atoms with Crippen molar-refractivity contribution in [2.45, 2.75) is 37.6 Å². The van der Waals surface area contributed by atoms with E-state index < -0.39 is 10.0 Å². The number of hydrogen-bond donors (Lipinski definition) is 0. The lowest BCUT2D eigenvalue weighted by Gasteiger charge is -2.33. The number of nitrogens with zero attached hydrogens (tertiary/aromatic N) is 3. The monoisotopic (exact) mass is 413 g/mol. The molecule has 2 aromatic carbocycles. The Bertz CT molecular complexity index is 1090. The predicted octanol–water partition coefficient (Wildman–Crippen LogP) is 3.63. The number of hydrogen-bond acceptors (Lipinski definition) is 5. The molecule has 0 unspecified atom stereocenters. The van der Waals surface area contributed by atoms with Crippen molar-refractivity contribution < 1.29 is 12.8 Å². The second-order valence-electron chi connectivity index (χ2n) is 8.53. The quantitative estimate of drug-likeness (QED) is 0.653. The zero-order valence-electron chi connectivity index (χ0n) is 17.1. The van der Waals surface area contributed by atoms with E-state index in [2.05, 4.69) is 42.8 Å². The van der Waals surface area contributed by atoms with Gasteiger partial charge < -0.3 is 4.42 Å². The molecule has 4 rings (SSSR count). The van der Waals surface area contributed by atoms with Crippen LogP contribution in [-0.2, 0) is 22.0 Å². The molecule has 2 heterocycles. The minimum atomic E-state index is -3.43. The molecule has 1 fully saturated rings. The first kappa shape index (κ1) is 20.1. The summed E-state index contributed by atoms with van der Waals surface area (Å²) in [7, 11) is -3.43. The molecule has 0 amide bonds. The number of oxazole rings is 1. The molecule has 0 saturated carbocycles. The molecule has 3 aromatic rings. The third kappa shape index (κ3) is 4.22. The Morgan fingerprint density at radius 2 is 1.69 bits per heavy atom. The molecular weight excluding hydrogens is 386 g/mol. The first-order valence-corrected chi connectivity index (χ1v) is 11.3. The summed E-state index contributed by atoms with van der Waals surface area (Å²) < 4.78 is 33.0. The molecule has 1 aliphatic rings. The van der Waals surface area contributed by atoms with Crippen LogP contribution in [0.3, 0.4) is 0 Å². The SMILES string of the molecule is CC(C)(C)c1ccc2oc(CN3CCN(S(=O)(=O)c4ccccc4)CC3)nc2c1. The van der Waals surface area contributed by atoms with E-state index in [1.807, 2.05) is 12.1 Å². The van der Waals surface area contributed by atoms with Crippen LogP contribution in [0.15, 0.2) is 57.8 Å². The van der Waals surface area contributed by atoms with E-state index in [-0.39, 0.29) is 5.41 Å². The molecule has 0 spiro atoms. The molecule has 0 aliphatic carbocycles. The van der Waals surface area contributed by atoms with Crippen molar-refractivity contribution in [3.05, 3.63) is 60.0 Å². The van der Waals surface area contributed by atoms with Crippen molar-refractivity contribution in [3.8, 4) is 0 Å². The van der Waals surface area contributed by atoms with E-state index in [9.17, 15) is 8.42 Å². The van der Waals surface area contributed by atoms with E-state index in [4.69, 9.17) is 4.42 Å². The second kappa shape index (κ2) is 7.55. The molecule has 29 heavy (non-hydrogen) atoms. The maximum atomic E-state index is 12.8. The van der Waals surface area contributed by atoms with Crippen LogP contribution in [0.4, 0.5) is 0 Å². The molecule has 154 valence electrons. The summed E-state index contributed by atoms with van der Waals surface area (Å²) in [6, 6.07) is 14.8. The highest BCUT2D eigenvalue weighted by molar-refractivity contribution is 7.89. The molecule has 1 saturated heterocycles. The molecule has 0 atom stereocenters. The summed E-state index contributed by atoms with van der Waals surface area (Å²) in [6.07, 6.45) is 0. The average molecular weight is 414 g/mol. The molecular formula is C22H27N3O3S. The molecule has 0 bridgehead atoms. The second-order valence-corrected chi connectivity index (χ2v) is 10.5. The van der Waals surface area contributed by atoms with Gasteiger partial charge >= 0.3 is 0 Å². The fourth-order valence-corrected chi connectivity index (χ4v) is 5.01. The summed E-state index contributed by atoms with van der Waals surface area (Å²) in [6.45, 7) is 9.35. The van der Waals surface area contributed by atoms with Gasteiger partial charge in [0.05, 0.1) is 11.4 Å². The summed E-state index contributed by atoms with van der Waals surface area (Å²) in [5.41, 5.74) is 2.95. The van der Waals surface area contributed by atoms with Crippen molar-refractivity contribution in [1.29, 1.82) is 0 Å². The maximum Gasteiger partial charge on any atom is 0.243 e. The highest BCUT2D eigenvalue weighted by Gasteiger charge is 2.28. The summed E-state index contributed by atoms with van der Waals surface area (Å²) in [5, 5.41) is 0. The number of fused-ring (bicyclic) bond motifs is 1. The van der Waals surface area contributed by atoms with Crippen LogP contribution in [0.1, 0.15) is 32.2 Å². The molecule has 0 radical (unpaired) electrons. The van der Waals surface area contributed by atoms with Crippen LogP contribution in [0.5, 0.6) is 0 Å². The predicted molar refractivity (Wildman–Crippen MR) is 113 cm³/mol. The first-order valence-electron chi connectivity index (χ1n) is 9.91. The van der Waals surface area contributed by atoms with Crippen LogP contribution in [0, 0.1) is 0 Å². The normalized spacial score (nSPS) is 17.1. The van der Waals surface area contributed by atoms with Gasteiger partial charge in [0.1, 0.15) is 5.52 Å². The molecule has 1 aromatic heterocycles. The molecule has 6 nitrogen and oxygen atoms in total. The van der Waals surface area contributed by atoms with Gasteiger partial charge in [0.25, 0.3) is 0 Å². The average Bonchev–Trinajstić information content (AvgIpc) is 3.10. The number of aromatic nitrogens is 1. The summed E-state index contributed by atoms with van der Waals surface area (Å²) >= 11 is 0. The Morgan fingerprint density at radius 1 is 1.00 bits per heavy atom. The smallest absolute Gasteiger partial charge is 0.243 e. The third-order valence-electron chi connectivity index (χ3n) is 5.37. The summed E-state index contributed by atoms with van der Waals surface area (Å²) in [4.78, 5) is 7.19. The minimum absolute atomic E-state index is 0.0634. The first-order chi connectivity index (χ1) is 13.7. The van der Waals surface area contributed by atoms with Crippen LogP contribution in [0.25, 0.3) is 11.1 Å². The van der Waals surface area contributed by atoms with E-state index in [1.165, 1.54) is 5.56 Å². The topological polar surface area (TPSA) is 66.7 Å². The largest absolute Gasteiger partial charge is 0.439 e. The Hall–Kier alpha value is -2.22. The van der Waals surface area contributed by atoms with Gasteiger partial charge in [-0.05, 0) is 35.2 Å². The number of piperazine rings is 1. The zero-order chi connectivity index (χ0) is 20.6. The Balaban J connectivity index is 1.42. The van der Waals surface area contributed by atoms with E-state index in [1.54, 1.807) is 28.6 Å². The van der Waals surface area contributed by atoms with Gasteiger partial charge in [0.2, 0.25) is 15.9 Å².